The van der Waals surface area contributed by atoms with Gasteiger partial charge in [0.05, 0.1) is 12.2 Å². The van der Waals surface area contributed by atoms with E-state index in [1.165, 1.54) is 25.7 Å². The molecule has 1 aliphatic rings. The minimum absolute atomic E-state index is 0.153. The average Bonchev–Trinajstić information content (AvgIpc) is 2.22. The summed E-state index contributed by atoms with van der Waals surface area (Å²) in [6, 6.07) is 0. The Hall–Kier alpha value is -0.340. The van der Waals surface area contributed by atoms with Gasteiger partial charge in [-0.3, -0.25) is 0 Å². The SMILES string of the molecule is C=C[C@@H]1C[C@@H](CCCCCC)OC(C)(C)O1. The van der Waals surface area contributed by atoms with E-state index < -0.39 is 5.79 Å². The van der Waals surface area contributed by atoms with Crippen LogP contribution in [0.3, 0.4) is 0 Å². The summed E-state index contributed by atoms with van der Waals surface area (Å²) in [7, 11) is 0. The molecule has 16 heavy (non-hydrogen) atoms. The van der Waals surface area contributed by atoms with E-state index in [2.05, 4.69) is 13.5 Å². The van der Waals surface area contributed by atoms with Crippen molar-refractivity contribution in [3.8, 4) is 0 Å². The second kappa shape index (κ2) is 6.41. The number of hydrogen-bond donors (Lipinski definition) is 0. The Balaban J connectivity index is 2.32. The summed E-state index contributed by atoms with van der Waals surface area (Å²) < 4.78 is 11.7. The molecule has 0 radical (unpaired) electrons. The second-order valence-electron chi connectivity index (χ2n) is 5.12. The fourth-order valence-corrected chi connectivity index (χ4v) is 2.27. The van der Waals surface area contributed by atoms with E-state index in [0.29, 0.717) is 6.10 Å². The van der Waals surface area contributed by atoms with Crippen LogP contribution in [0.15, 0.2) is 12.7 Å². The summed E-state index contributed by atoms with van der Waals surface area (Å²) in [6.45, 7) is 10.0. The third-order valence-corrected chi connectivity index (χ3v) is 3.02. The minimum Gasteiger partial charge on any atom is -0.347 e. The zero-order chi connectivity index (χ0) is 12.0. The van der Waals surface area contributed by atoms with Gasteiger partial charge in [0, 0.05) is 6.42 Å². The van der Waals surface area contributed by atoms with Crippen molar-refractivity contribution in [3.05, 3.63) is 12.7 Å². The second-order valence-corrected chi connectivity index (χ2v) is 5.12. The molecule has 0 saturated carbocycles. The van der Waals surface area contributed by atoms with Crippen molar-refractivity contribution < 1.29 is 9.47 Å². The predicted octanol–water partition coefficient (Wildman–Crippen LogP) is 4.05. The van der Waals surface area contributed by atoms with E-state index >= 15 is 0 Å². The highest BCUT2D eigenvalue weighted by Gasteiger charge is 2.33. The quantitative estimate of drug-likeness (QED) is 0.502. The Labute approximate surface area is 100 Å². The molecule has 0 aliphatic carbocycles. The molecule has 1 saturated heterocycles. The van der Waals surface area contributed by atoms with E-state index in [9.17, 15) is 0 Å². The topological polar surface area (TPSA) is 18.5 Å². The maximum absolute atomic E-state index is 5.92. The lowest BCUT2D eigenvalue weighted by Gasteiger charge is -2.40. The maximum atomic E-state index is 5.92. The molecule has 2 heteroatoms. The summed E-state index contributed by atoms with van der Waals surface area (Å²) in [5.41, 5.74) is 0. The molecule has 0 aromatic carbocycles. The molecule has 0 amide bonds. The van der Waals surface area contributed by atoms with E-state index in [1.807, 2.05) is 19.9 Å². The van der Waals surface area contributed by atoms with Gasteiger partial charge in [-0.1, -0.05) is 38.7 Å². The summed E-state index contributed by atoms with van der Waals surface area (Å²) in [5.74, 6) is -0.452. The van der Waals surface area contributed by atoms with Gasteiger partial charge >= 0.3 is 0 Å². The molecule has 0 bridgehead atoms. The third kappa shape index (κ3) is 4.67. The molecule has 0 spiro atoms. The normalized spacial score (nSPS) is 28.9. The Kier molecular flexibility index (Phi) is 5.50. The zero-order valence-electron chi connectivity index (χ0n) is 11.0. The third-order valence-electron chi connectivity index (χ3n) is 3.02. The lowest BCUT2D eigenvalue weighted by Crippen LogP contribution is -2.43. The lowest BCUT2D eigenvalue weighted by molar-refractivity contribution is -0.291. The summed E-state index contributed by atoms with van der Waals surface area (Å²) in [5, 5.41) is 0. The van der Waals surface area contributed by atoms with Crippen LogP contribution in [0.4, 0.5) is 0 Å². The molecule has 0 aromatic rings. The van der Waals surface area contributed by atoms with E-state index in [4.69, 9.17) is 9.47 Å². The minimum atomic E-state index is -0.452. The van der Waals surface area contributed by atoms with Crippen molar-refractivity contribution in [1.29, 1.82) is 0 Å². The molecule has 1 rings (SSSR count). The zero-order valence-corrected chi connectivity index (χ0v) is 11.0. The highest BCUT2D eigenvalue weighted by Crippen LogP contribution is 2.29. The van der Waals surface area contributed by atoms with Crippen LogP contribution in [0.5, 0.6) is 0 Å². The van der Waals surface area contributed by atoms with Gasteiger partial charge in [-0.15, -0.1) is 6.58 Å². The van der Waals surface area contributed by atoms with Crippen LogP contribution in [0, 0.1) is 0 Å². The Morgan fingerprint density at radius 2 is 2.00 bits per heavy atom. The van der Waals surface area contributed by atoms with Gasteiger partial charge in [0.15, 0.2) is 5.79 Å². The standard InChI is InChI=1S/C14H26O2/c1-5-7-8-9-10-13-11-12(6-2)15-14(3,4)16-13/h6,12-13H,2,5,7-11H2,1,3-4H3/t12-,13-/m1/s1. The number of rotatable bonds is 6. The monoisotopic (exact) mass is 226 g/mol. The molecule has 1 heterocycles. The van der Waals surface area contributed by atoms with E-state index in [1.54, 1.807) is 0 Å². The van der Waals surface area contributed by atoms with Gasteiger partial charge in [0.2, 0.25) is 0 Å². The van der Waals surface area contributed by atoms with Gasteiger partial charge in [-0.05, 0) is 20.3 Å². The fourth-order valence-electron chi connectivity index (χ4n) is 2.27. The molecular weight excluding hydrogens is 200 g/mol. The molecule has 0 N–H and O–H groups in total. The Morgan fingerprint density at radius 3 is 2.62 bits per heavy atom. The van der Waals surface area contributed by atoms with Crippen molar-refractivity contribution in [1.82, 2.24) is 0 Å². The lowest BCUT2D eigenvalue weighted by atomic mass is 10.0. The van der Waals surface area contributed by atoms with Gasteiger partial charge in [0.25, 0.3) is 0 Å². The van der Waals surface area contributed by atoms with Gasteiger partial charge in [0.1, 0.15) is 0 Å². The van der Waals surface area contributed by atoms with Crippen LogP contribution in [0.1, 0.15) is 59.3 Å². The molecule has 2 nitrogen and oxygen atoms in total. The summed E-state index contributed by atoms with van der Waals surface area (Å²) >= 11 is 0. The van der Waals surface area contributed by atoms with E-state index in [0.717, 1.165) is 12.8 Å². The van der Waals surface area contributed by atoms with Gasteiger partial charge < -0.3 is 9.47 Å². The summed E-state index contributed by atoms with van der Waals surface area (Å²) in [4.78, 5) is 0. The van der Waals surface area contributed by atoms with Crippen LogP contribution >= 0.6 is 0 Å². The maximum Gasteiger partial charge on any atom is 0.163 e. The number of unbranched alkanes of at least 4 members (excludes halogenated alkanes) is 3. The first-order chi connectivity index (χ1) is 7.57. The highest BCUT2D eigenvalue weighted by molar-refractivity contribution is 4.87. The van der Waals surface area contributed by atoms with Crippen molar-refractivity contribution >= 4 is 0 Å². The van der Waals surface area contributed by atoms with Crippen LogP contribution in [-0.2, 0) is 9.47 Å². The van der Waals surface area contributed by atoms with Crippen molar-refractivity contribution in [2.75, 3.05) is 0 Å². The van der Waals surface area contributed by atoms with Gasteiger partial charge in [-0.2, -0.15) is 0 Å². The fraction of sp³-hybridized carbons (Fsp3) is 0.857. The van der Waals surface area contributed by atoms with Crippen LogP contribution < -0.4 is 0 Å². The molecular formula is C14H26O2. The van der Waals surface area contributed by atoms with Crippen molar-refractivity contribution in [3.63, 3.8) is 0 Å². The van der Waals surface area contributed by atoms with Crippen LogP contribution in [-0.4, -0.2) is 18.0 Å². The first-order valence-electron chi connectivity index (χ1n) is 6.55. The Morgan fingerprint density at radius 1 is 1.25 bits per heavy atom. The highest BCUT2D eigenvalue weighted by atomic mass is 16.7. The first kappa shape index (κ1) is 13.7. The van der Waals surface area contributed by atoms with Crippen LogP contribution in [0.2, 0.25) is 0 Å². The molecule has 94 valence electrons. The first-order valence-corrected chi connectivity index (χ1v) is 6.55. The van der Waals surface area contributed by atoms with Crippen LogP contribution in [0.25, 0.3) is 0 Å². The smallest absolute Gasteiger partial charge is 0.163 e. The predicted molar refractivity (Wildman–Crippen MR) is 67.4 cm³/mol. The molecule has 0 unspecified atom stereocenters. The number of ether oxygens (including phenoxy) is 2. The van der Waals surface area contributed by atoms with Gasteiger partial charge in [-0.25, -0.2) is 0 Å². The molecule has 1 fully saturated rings. The summed E-state index contributed by atoms with van der Waals surface area (Å²) in [6.07, 6.45) is 9.69. The molecule has 1 aliphatic heterocycles. The largest absolute Gasteiger partial charge is 0.347 e. The molecule has 2 atom stereocenters. The molecule has 0 aromatic heterocycles. The van der Waals surface area contributed by atoms with Crippen molar-refractivity contribution in [2.45, 2.75) is 77.3 Å². The van der Waals surface area contributed by atoms with Crippen molar-refractivity contribution in [2.24, 2.45) is 0 Å². The Bertz CT molecular complexity index is 211. The number of hydrogen-bond acceptors (Lipinski definition) is 2. The van der Waals surface area contributed by atoms with E-state index in [-0.39, 0.29) is 6.10 Å². The average molecular weight is 226 g/mol.